The Hall–Kier alpha value is -2.12. The third-order valence-electron chi connectivity index (χ3n) is 4.07. The summed E-state index contributed by atoms with van der Waals surface area (Å²) >= 11 is 0. The van der Waals surface area contributed by atoms with Gasteiger partial charge in [0.2, 0.25) is 11.8 Å². The molecule has 1 aliphatic carbocycles. The molecule has 8 nitrogen and oxygen atoms in total. The molecule has 0 heterocycles. The molecule has 124 valence electrons. The van der Waals surface area contributed by atoms with Crippen molar-refractivity contribution in [2.75, 3.05) is 13.6 Å². The molecule has 0 spiro atoms. The van der Waals surface area contributed by atoms with Crippen LogP contribution >= 0.6 is 0 Å². The van der Waals surface area contributed by atoms with Gasteiger partial charge in [-0.2, -0.15) is 0 Å². The summed E-state index contributed by atoms with van der Waals surface area (Å²) in [5.74, 6) is -0.895. The molecule has 0 bridgehead atoms. The largest absolute Gasteiger partial charge is 0.358 e. The highest BCUT2D eigenvalue weighted by Gasteiger charge is 2.50. The number of ketones is 1. The van der Waals surface area contributed by atoms with Gasteiger partial charge in [0.05, 0.1) is 6.04 Å². The molecule has 22 heavy (non-hydrogen) atoms. The van der Waals surface area contributed by atoms with Gasteiger partial charge in [0.1, 0.15) is 5.41 Å². The summed E-state index contributed by atoms with van der Waals surface area (Å²) in [5.41, 5.74) is 3.90. The lowest BCUT2D eigenvalue weighted by Gasteiger charge is -2.39. The number of hydrogen-bond donors (Lipinski definition) is 4. The van der Waals surface area contributed by atoms with Crippen LogP contribution < -0.4 is 21.7 Å². The van der Waals surface area contributed by atoms with E-state index in [4.69, 9.17) is 5.73 Å². The Balaban J connectivity index is 2.58. The number of carbonyl (C=O) groups is 4. The van der Waals surface area contributed by atoms with E-state index in [1.807, 2.05) is 0 Å². The molecule has 5 N–H and O–H groups in total. The van der Waals surface area contributed by atoms with E-state index in [1.54, 1.807) is 0 Å². The molecule has 1 unspecified atom stereocenters. The maximum absolute atomic E-state index is 12.4. The van der Waals surface area contributed by atoms with E-state index < -0.39 is 23.4 Å². The molecule has 1 saturated carbocycles. The molecule has 1 atom stereocenters. The van der Waals surface area contributed by atoms with Crippen molar-refractivity contribution in [1.82, 2.24) is 16.0 Å². The normalized spacial score (nSPS) is 16.8. The standard InChI is InChI=1S/C14H24N4O4/c1-9(19)10(5-3-8-17-13(15)22)18-12(21)14(6-4-7-14)11(20)16-2/h10H,3-8H2,1-2H3,(H,16,20)(H,18,21)(H3,15,17,22). The van der Waals surface area contributed by atoms with E-state index in [0.717, 1.165) is 6.42 Å². The highest BCUT2D eigenvalue weighted by atomic mass is 16.2. The molecule has 1 fully saturated rings. The van der Waals surface area contributed by atoms with Gasteiger partial charge < -0.3 is 21.7 Å². The number of Topliss-reactive ketones (excluding diaryl/α,β-unsaturated/α-hetero) is 1. The fraction of sp³-hybridized carbons (Fsp3) is 0.714. The van der Waals surface area contributed by atoms with E-state index in [0.29, 0.717) is 32.2 Å². The number of rotatable bonds is 8. The van der Waals surface area contributed by atoms with Gasteiger partial charge in [-0.05, 0) is 32.6 Å². The summed E-state index contributed by atoms with van der Waals surface area (Å²) in [6.45, 7) is 1.72. The predicted octanol–water partition coefficient (Wildman–Crippen LogP) is -0.575. The molecule has 0 saturated heterocycles. The molecule has 8 heteroatoms. The second-order valence-electron chi connectivity index (χ2n) is 5.58. The van der Waals surface area contributed by atoms with E-state index >= 15 is 0 Å². The summed E-state index contributed by atoms with van der Waals surface area (Å²) in [6.07, 6.45) is 2.68. The summed E-state index contributed by atoms with van der Waals surface area (Å²) in [4.78, 5) is 46.5. The molecule has 0 aromatic rings. The van der Waals surface area contributed by atoms with Crippen molar-refractivity contribution < 1.29 is 19.2 Å². The van der Waals surface area contributed by atoms with Gasteiger partial charge in [0.15, 0.2) is 5.78 Å². The monoisotopic (exact) mass is 312 g/mol. The molecular weight excluding hydrogens is 288 g/mol. The zero-order valence-corrected chi connectivity index (χ0v) is 13.0. The first kappa shape index (κ1) is 17.9. The average Bonchev–Trinajstić information content (AvgIpc) is 2.40. The van der Waals surface area contributed by atoms with Gasteiger partial charge in [-0.15, -0.1) is 0 Å². The van der Waals surface area contributed by atoms with Crippen molar-refractivity contribution in [2.24, 2.45) is 11.1 Å². The zero-order chi connectivity index (χ0) is 16.8. The first-order valence-corrected chi connectivity index (χ1v) is 7.40. The predicted molar refractivity (Wildman–Crippen MR) is 79.8 cm³/mol. The van der Waals surface area contributed by atoms with Gasteiger partial charge in [-0.1, -0.05) is 6.42 Å². The van der Waals surface area contributed by atoms with Crippen LogP contribution in [0.1, 0.15) is 39.0 Å². The molecule has 0 aromatic heterocycles. The van der Waals surface area contributed by atoms with E-state index in [9.17, 15) is 19.2 Å². The number of primary amides is 1. The minimum absolute atomic E-state index is 0.182. The Kier molecular flexibility index (Phi) is 6.33. The molecule has 4 amide bonds. The third-order valence-corrected chi connectivity index (χ3v) is 4.07. The second-order valence-corrected chi connectivity index (χ2v) is 5.58. The van der Waals surface area contributed by atoms with Crippen molar-refractivity contribution in [3.05, 3.63) is 0 Å². The van der Waals surface area contributed by atoms with Crippen molar-refractivity contribution in [1.29, 1.82) is 0 Å². The molecular formula is C14H24N4O4. The van der Waals surface area contributed by atoms with Crippen LogP contribution in [0.4, 0.5) is 4.79 Å². The van der Waals surface area contributed by atoms with Gasteiger partial charge in [-0.3, -0.25) is 14.4 Å². The van der Waals surface area contributed by atoms with E-state index in [-0.39, 0.29) is 11.7 Å². The lowest BCUT2D eigenvalue weighted by atomic mass is 9.67. The van der Waals surface area contributed by atoms with Crippen LogP contribution in [0.25, 0.3) is 0 Å². The van der Waals surface area contributed by atoms with Crippen molar-refractivity contribution in [3.8, 4) is 0 Å². The van der Waals surface area contributed by atoms with Crippen LogP contribution in [0, 0.1) is 5.41 Å². The Morgan fingerprint density at radius 1 is 1.18 bits per heavy atom. The zero-order valence-electron chi connectivity index (χ0n) is 13.0. The molecule has 1 rings (SSSR count). The summed E-state index contributed by atoms with van der Waals surface area (Å²) < 4.78 is 0. The Labute approximate surface area is 129 Å². The van der Waals surface area contributed by atoms with Crippen LogP contribution in [0.5, 0.6) is 0 Å². The average molecular weight is 312 g/mol. The lowest BCUT2D eigenvalue weighted by molar-refractivity contribution is -0.150. The SMILES string of the molecule is CNC(=O)C1(C(=O)NC(CCCNC(N)=O)C(C)=O)CCC1. The van der Waals surface area contributed by atoms with Crippen LogP contribution in [0.15, 0.2) is 0 Å². The highest BCUT2D eigenvalue weighted by Crippen LogP contribution is 2.41. The number of amides is 4. The van der Waals surface area contributed by atoms with Crippen LogP contribution in [0.2, 0.25) is 0 Å². The third kappa shape index (κ3) is 4.19. The van der Waals surface area contributed by atoms with Crippen molar-refractivity contribution in [2.45, 2.75) is 45.1 Å². The highest BCUT2D eigenvalue weighted by molar-refractivity contribution is 6.06. The fourth-order valence-electron chi connectivity index (χ4n) is 2.52. The maximum atomic E-state index is 12.4. The van der Waals surface area contributed by atoms with Crippen LogP contribution in [-0.4, -0.2) is 43.3 Å². The van der Waals surface area contributed by atoms with Gasteiger partial charge in [0, 0.05) is 13.6 Å². The van der Waals surface area contributed by atoms with E-state index in [1.165, 1.54) is 14.0 Å². The number of nitrogens with two attached hydrogens (primary N) is 1. The second kappa shape index (κ2) is 7.77. The molecule has 1 aliphatic rings. The Morgan fingerprint density at radius 2 is 1.82 bits per heavy atom. The van der Waals surface area contributed by atoms with Gasteiger partial charge in [0.25, 0.3) is 0 Å². The van der Waals surface area contributed by atoms with Gasteiger partial charge >= 0.3 is 6.03 Å². The van der Waals surface area contributed by atoms with Gasteiger partial charge in [-0.25, -0.2) is 4.79 Å². The minimum atomic E-state index is -1.05. The molecule has 0 radical (unpaired) electrons. The Bertz CT molecular complexity index is 460. The number of hydrogen-bond acceptors (Lipinski definition) is 4. The first-order chi connectivity index (χ1) is 10.3. The number of carbonyl (C=O) groups excluding carboxylic acids is 4. The molecule has 0 aromatic carbocycles. The maximum Gasteiger partial charge on any atom is 0.312 e. The summed E-state index contributed by atoms with van der Waals surface area (Å²) in [6, 6.07) is -1.29. The van der Waals surface area contributed by atoms with Crippen molar-refractivity contribution >= 4 is 23.6 Å². The van der Waals surface area contributed by atoms with E-state index in [2.05, 4.69) is 16.0 Å². The van der Waals surface area contributed by atoms with Crippen LogP contribution in [-0.2, 0) is 14.4 Å². The Morgan fingerprint density at radius 3 is 2.23 bits per heavy atom. The summed E-state index contributed by atoms with van der Waals surface area (Å²) in [7, 11) is 1.49. The summed E-state index contributed by atoms with van der Waals surface area (Å²) in [5, 5.41) is 7.60. The minimum Gasteiger partial charge on any atom is -0.358 e. The molecule has 0 aliphatic heterocycles. The fourth-order valence-corrected chi connectivity index (χ4v) is 2.52. The number of urea groups is 1. The first-order valence-electron chi connectivity index (χ1n) is 7.40. The topological polar surface area (TPSA) is 130 Å². The number of nitrogens with one attached hydrogen (secondary N) is 3. The quantitative estimate of drug-likeness (QED) is 0.353. The van der Waals surface area contributed by atoms with Crippen molar-refractivity contribution in [3.63, 3.8) is 0 Å². The lowest BCUT2D eigenvalue weighted by Crippen LogP contribution is -2.57. The smallest absolute Gasteiger partial charge is 0.312 e. The van der Waals surface area contributed by atoms with Crippen LogP contribution in [0.3, 0.4) is 0 Å².